The Morgan fingerprint density at radius 3 is 2.18 bits per heavy atom. The van der Waals surface area contributed by atoms with Crippen molar-refractivity contribution in [1.29, 1.82) is 0 Å². The van der Waals surface area contributed by atoms with Gasteiger partial charge < -0.3 is 9.84 Å². The molecule has 1 saturated carbocycles. The summed E-state index contributed by atoms with van der Waals surface area (Å²) in [4.78, 5) is 9.77. The van der Waals surface area contributed by atoms with E-state index in [1.165, 1.54) is 56.4 Å². The smallest absolute Gasteiger partial charge is 0.298 e. The van der Waals surface area contributed by atoms with Gasteiger partial charge in [-0.1, -0.05) is 39.0 Å². The van der Waals surface area contributed by atoms with E-state index in [0.717, 1.165) is 5.92 Å². The SMILES string of the molecule is CC1CCCCC1.O=COc1ccc(O)cc1. The first-order valence-electron chi connectivity index (χ1n) is 6.11. The van der Waals surface area contributed by atoms with Crippen LogP contribution < -0.4 is 4.74 Å². The van der Waals surface area contributed by atoms with Crippen molar-refractivity contribution in [3.8, 4) is 11.5 Å². The van der Waals surface area contributed by atoms with Crippen LogP contribution in [0.4, 0.5) is 0 Å². The molecule has 0 atom stereocenters. The number of carbonyl (C=O) groups is 1. The zero-order valence-corrected chi connectivity index (χ0v) is 10.3. The van der Waals surface area contributed by atoms with E-state index >= 15 is 0 Å². The number of ether oxygens (including phenoxy) is 1. The number of hydrogen-bond donors (Lipinski definition) is 1. The molecule has 0 bridgehead atoms. The van der Waals surface area contributed by atoms with E-state index in [1.54, 1.807) is 0 Å². The molecule has 2 rings (SSSR count). The van der Waals surface area contributed by atoms with Gasteiger partial charge in [-0.25, -0.2) is 0 Å². The van der Waals surface area contributed by atoms with E-state index in [4.69, 9.17) is 5.11 Å². The Bertz CT molecular complexity index is 313. The molecule has 0 radical (unpaired) electrons. The van der Waals surface area contributed by atoms with Crippen molar-refractivity contribution in [2.24, 2.45) is 5.92 Å². The number of phenols is 1. The molecule has 3 heteroatoms. The van der Waals surface area contributed by atoms with Crippen LogP contribution in [0, 0.1) is 5.92 Å². The predicted octanol–water partition coefficient (Wildman–Crippen LogP) is 3.51. The molecule has 0 unspecified atom stereocenters. The topological polar surface area (TPSA) is 46.5 Å². The fourth-order valence-corrected chi connectivity index (χ4v) is 1.89. The molecule has 1 aromatic rings. The van der Waals surface area contributed by atoms with Gasteiger partial charge in [0.1, 0.15) is 11.5 Å². The summed E-state index contributed by atoms with van der Waals surface area (Å²) in [5.41, 5.74) is 0. The van der Waals surface area contributed by atoms with Crippen LogP contribution in [0.2, 0.25) is 0 Å². The lowest BCUT2D eigenvalue weighted by Crippen LogP contribution is -1.99. The lowest BCUT2D eigenvalue weighted by atomic mass is 9.91. The number of aromatic hydroxyl groups is 1. The largest absolute Gasteiger partial charge is 0.508 e. The highest BCUT2D eigenvalue weighted by molar-refractivity contribution is 5.45. The van der Waals surface area contributed by atoms with Gasteiger partial charge in [-0.15, -0.1) is 0 Å². The quantitative estimate of drug-likeness (QED) is 0.799. The normalized spacial score (nSPS) is 15.6. The molecule has 0 aliphatic heterocycles. The minimum atomic E-state index is 0.151. The molecular weight excluding hydrogens is 216 g/mol. The summed E-state index contributed by atoms with van der Waals surface area (Å²) in [6.45, 7) is 2.70. The molecule has 1 fully saturated rings. The molecule has 0 aromatic heterocycles. The molecule has 94 valence electrons. The number of hydrogen-bond acceptors (Lipinski definition) is 3. The van der Waals surface area contributed by atoms with Crippen molar-refractivity contribution in [2.75, 3.05) is 0 Å². The third-order valence-electron chi connectivity index (χ3n) is 2.91. The fraction of sp³-hybridized carbons (Fsp3) is 0.500. The molecule has 1 aliphatic carbocycles. The summed E-state index contributed by atoms with van der Waals surface area (Å²) in [6.07, 6.45) is 7.44. The fourth-order valence-electron chi connectivity index (χ4n) is 1.89. The second-order valence-electron chi connectivity index (χ2n) is 4.45. The van der Waals surface area contributed by atoms with Gasteiger partial charge in [-0.3, -0.25) is 4.79 Å². The Hall–Kier alpha value is -1.51. The van der Waals surface area contributed by atoms with Crippen LogP contribution in [0.25, 0.3) is 0 Å². The zero-order chi connectivity index (χ0) is 12.5. The van der Waals surface area contributed by atoms with Gasteiger partial charge in [0.2, 0.25) is 0 Å². The lowest BCUT2D eigenvalue weighted by Gasteiger charge is -2.15. The highest BCUT2D eigenvalue weighted by Gasteiger charge is 2.05. The molecule has 0 amide bonds. The monoisotopic (exact) mass is 236 g/mol. The highest BCUT2D eigenvalue weighted by Crippen LogP contribution is 2.22. The van der Waals surface area contributed by atoms with Gasteiger partial charge in [-0.2, -0.15) is 0 Å². The standard InChI is InChI=1S/C7H6O3.C7H14/c8-5-10-7-3-1-6(9)2-4-7;1-7-5-3-2-4-6-7/h1-5,9H;7H,2-6H2,1H3. The Morgan fingerprint density at radius 2 is 1.76 bits per heavy atom. The van der Waals surface area contributed by atoms with Gasteiger partial charge >= 0.3 is 0 Å². The summed E-state index contributed by atoms with van der Waals surface area (Å²) in [5, 5.41) is 8.78. The van der Waals surface area contributed by atoms with Gasteiger partial charge in [-0.05, 0) is 30.2 Å². The number of phenolic OH excluding ortho intramolecular Hbond substituents is 1. The minimum absolute atomic E-state index is 0.151. The number of benzene rings is 1. The van der Waals surface area contributed by atoms with Crippen LogP contribution in [-0.4, -0.2) is 11.6 Å². The van der Waals surface area contributed by atoms with Crippen LogP contribution in [-0.2, 0) is 4.79 Å². The van der Waals surface area contributed by atoms with Crippen LogP contribution in [0.15, 0.2) is 24.3 Å². The molecule has 1 aromatic carbocycles. The van der Waals surface area contributed by atoms with Crippen molar-refractivity contribution in [2.45, 2.75) is 39.0 Å². The second kappa shape index (κ2) is 7.71. The second-order valence-corrected chi connectivity index (χ2v) is 4.45. The van der Waals surface area contributed by atoms with Gasteiger partial charge in [0.25, 0.3) is 6.47 Å². The maximum Gasteiger partial charge on any atom is 0.298 e. The van der Waals surface area contributed by atoms with Gasteiger partial charge in [0.15, 0.2) is 0 Å². The summed E-state index contributed by atoms with van der Waals surface area (Å²) >= 11 is 0. The molecular formula is C14H20O3. The Kier molecular flexibility index (Phi) is 6.15. The maximum absolute atomic E-state index is 9.77. The first-order valence-corrected chi connectivity index (χ1v) is 6.11. The maximum atomic E-state index is 9.77. The van der Waals surface area contributed by atoms with E-state index in [-0.39, 0.29) is 5.75 Å². The zero-order valence-electron chi connectivity index (χ0n) is 10.3. The predicted molar refractivity (Wildman–Crippen MR) is 67.0 cm³/mol. The van der Waals surface area contributed by atoms with Crippen LogP contribution in [0.5, 0.6) is 11.5 Å². The third-order valence-corrected chi connectivity index (χ3v) is 2.91. The summed E-state index contributed by atoms with van der Waals surface area (Å²) < 4.78 is 4.47. The summed E-state index contributed by atoms with van der Waals surface area (Å²) in [6, 6.07) is 5.89. The van der Waals surface area contributed by atoms with Crippen molar-refractivity contribution in [3.63, 3.8) is 0 Å². The average molecular weight is 236 g/mol. The summed E-state index contributed by atoms with van der Waals surface area (Å²) in [5.74, 6) is 1.61. The minimum Gasteiger partial charge on any atom is -0.508 e. The van der Waals surface area contributed by atoms with Gasteiger partial charge in [0.05, 0.1) is 0 Å². The van der Waals surface area contributed by atoms with Crippen molar-refractivity contribution in [1.82, 2.24) is 0 Å². The average Bonchev–Trinajstić information content (AvgIpc) is 2.34. The molecule has 1 aliphatic rings. The lowest BCUT2D eigenvalue weighted by molar-refractivity contribution is -0.120. The molecule has 17 heavy (non-hydrogen) atoms. The van der Waals surface area contributed by atoms with E-state index < -0.39 is 0 Å². The Balaban J connectivity index is 0.000000181. The Morgan fingerprint density at radius 1 is 1.18 bits per heavy atom. The van der Waals surface area contributed by atoms with Crippen LogP contribution in [0.3, 0.4) is 0 Å². The number of rotatable bonds is 2. The third kappa shape index (κ3) is 5.95. The highest BCUT2D eigenvalue weighted by atomic mass is 16.5. The van der Waals surface area contributed by atoms with Crippen molar-refractivity contribution in [3.05, 3.63) is 24.3 Å². The van der Waals surface area contributed by atoms with Gasteiger partial charge in [0, 0.05) is 0 Å². The Labute approximate surface area is 102 Å². The molecule has 0 saturated heterocycles. The van der Waals surface area contributed by atoms with Crippen molar-refractivity contribution >= 4 is 6.47 Å². The van der Waals surface area contributed by atoms with Crippen molar-refractivity contribution < 1.29 is 14.6 Å². The summed E-state index contributed by atoms with van der Waals surface area (Å²) in [7, 11) is 0. The first-order chi connectivity index (χ1) is 8.22. The van der Waals surface area contributed by atoms with E-state index in [9.17, 15) is 4.79 Å². The first kappa shape index (κ1) is 13.6. The molecule has 0 heterocycles. The molecule has 3 nitrogen and oxygen atoms in total. The molecule has 1 N–H and O–H groups in total. The van der Waals surface area contributed by atoms with E-state index in [0.29, 0.717) is 12.2 Å². The van der Waals surface area contributed by atoms with E-state index in [2.05, 4.69) is 11.7 Å². The van der Waals surface area contributed by atoms with Crippen LogP contribution in [0.1, 0.15) is 39.0 Å². The molecule has 0 spiro atoms. The number of carbonyl (C=O) groups excluding carboxylic acids is 1. The van der Waals surface area contributed by atoms with E-state index in [1.807, 2.05) is 0 Å². The van der Waals surface area contributed by atoms with Crippen LogP contribution >= 0.6 is 0 Å².